The highest BCUT2D eigenvalue weighted by Gasteiger charge is 2.55. The van der Waals surface area contributed by atoms with Crippen molar-refractivity contribution >= 4 is 40.2 Å². The smallest absolute Gasteiger partial charge is 0.319 e. The van der Waals surface area contributed by atoms with Gasteiger partial charge in [0.15, 0.2) is 0 Å². The van der Waals surface area contributed by atoms with Gasteiger partial charge in [0, 0.05) is 0 Å². The third kappa shape index (κ3) is 2.85. The van der Waals surface area contributed by atoms with Gasteiger partial charge in [0.25, 0.3) is 5.91 Å². The lowest BCUT2D eigenvalue weighted by atomic mass is 9.79. The Kier molecular flexibility index (Phi) is 4.24. The molecule has 2 aliphatic rings. The van der Waals surface area contributed by atoms with E-state index in [-0.39, 0.29) is 10.6 Å². The summed E-state index contributed by atoms with van der Waals surface area (Å²) in [5.41, 5.74) is 4.99. The fraction of sp³-hybridized carbons (Fsp3) is 0.429. The minimum atomic E-state index is -1.07. The van der Waals surface area contributed by atoms with Crippen LogP contribution in [0.1, 0.15) is 23.2 Å². The number of imide groups is 1. The molecule has 2 fully saturated rings. The van der Waals surface area contributed by atoms with Gasteiger partial charge in [-0.1, -0.05) is 0 Å². The molecular formula is C14H15N3O6S. The van der Waals surface area contributed by atoms with E-state index in [4.69, 9.17) is 10.5 Å². The predicted molar refractivity (Wildman–Crippen MR) is 82.5 cm³/mol. The average molecular weight is 353 g/mol. The molecule has 1 aromatic heterocycles. The van der Waals surface area contributed by atoms with E-state index in [9.17, 15) is 24.3 Å². The van der Waals surface area contributed by atoms with Gasteiger partial charge in [-0.2, -0.15) is 0 Å². The number of fused-ring (bicyclic) bond motifs is 2. The minimum absolute atomic E-state index is 0.0862. The summed E-state index contributed by atoms with van der Waals surface area (Å²) >= 11 is 1.09. The van der Waals surface area contributed by atoms with Crippen molar-refractivity contribution in [2.75, 3.05) is 5.32 Å². The summed E-state index contributed by atoms with van der Waals surface area (Å²) in [5.74, 6) is -4.02. The molecular weight excluding hydrogens is 338 g/mol. The Bertz CT molecular complexity index is 717. The number of hydrogen-bond donors (Lipinski definition) is 4. The van der Waals surface area contributed by atoms with Gasteiger partial charge in [-0.05, 0) is 24.3 Å². The van der Waals surface area contributed by atoms with E-state index in [1.165, 1.54) is 6.07 Å². The van der Waals surface area contributed by atoms with E-state index in [2.05, 4.69) is 5.32 Å². The second-order valence-corrected chi connectivity index (χ2v) is 6.57. The average Bonchev–Trinajstić information content (AvgIpc) is 3.20. The molecule has 0 aliphatic carbocycles. The summed E-state index contributed by atoms with van der Waals surface area (Å²) in [5, 5.41) is 15.6. The van der Waals surface area contributed by atoms with Crippen LogP contribution in [-0.4, -0.2) is 41.1 Å². The molecule has 0 radical (unpaired) electrons. The van der Waals surface area contributed by atoms with Gasteiger partial charge in [0.2, 0.25) is 5.91 Å². The molecule has 2 aliphatic heterocycles. The van der Waals surface area contributed by atoms with Crippen molar-refractivity contribution in [3.8, 4) is 0 Å². The first-order chi connectivity index (χ1) is 11.4. The highest BCUT2D eigenvalue weighted by molar-refractivity contribution is 7.14. The maximum absolute atomic E-state index is 12.5. The molecule has 9 nitrogen and oxygen atoms in total. The Morgan fingerprint density at radius 1 is 1.21 bits per heavy atom. The first-order valence-corrected chi connectivity index (χ1v) is 8.14. The van der Waals surface area contributed by atoms with Crippen molar-refractivity contribution in [3.63, 3.8) is 0 Å². The van der Waals surface area contributed by atoms with E-state index in [1.807, 2.05) is 5.32 Å². The lowest BCUT2D eigenvalue weighted by molar-refractivity contribution is -0.147. The number of carboxylic acid groups (broad SMARTS) is 1. The normalized spacial score (nSPS) is 27.7. The first kappa shape index (κ1) is 16.4. The number of nitrogens with two attached hydrogens (primary N) is 1. The Hall–Kier alpha value is -2.46. The number of thiophene rings is 1. The molecule has 2 bridgehead atoms. The lowest BCUT2D eigenvalue weighted by Gasteiger charge is -2.23. The van der Waals surface area contributed by atoms with Crippen LogP contribution in [0.4, 0.5) is 9.80 Å². The van der Waals surface area contributed by atoms with E-state index in [0.717, 1.165) is 11.3 Å². The van der Waals surface area contributed by atoms with Gasteiger partial charge in [-0.3, -0.25) is 19.7 Å². The van der Waals surface area contributed by atoms with Crippen LogP contribution >= 0.6 is 11.3 Å². The predicted octanol–water partition coefficient (Wildman–Crippen LogP) is 0.373. The number of anilines is 1. The minimum Gasteiger partial charge on any atom is -0.481 e. The van der Waals surface area contributed by atoms with Crippen molar-refractivity contribution in [1.29, 1.82) is 0 Å². The fourth-order valence-corrected chi connectivity index (χ4v) is 4.07. The number of amides is 4. The number of rotatable bonds is 4. The standard InChI is InChI=1S/C14H15N3O6S/c15-14(22)17-10(18)5-3-4-24-12(5)16-11(19)8-6-1-2-7(23-6)9(8)13(20)21/h3-4,6-9H,1-2H2,(H,16,19)(H,20,21)(H3,15,17,18,22)/t6-,7+,8-,9-/m0/s1. The van der Waals surface area contributed by atoms with E-state index < -0.39 is 47.9 Å². The van der Waals surface area contributed by atoms with Crippen molar-refractivity contribution in [2.24, 2.45) is 17.6 Å². The molecule has 3 heterocycles. The molecule has 0 spiro atoms. The van der Waals surface area contributed by atoms with Crippen molar-refractivity contribution < 1.29 is 29.0 Å². The topological polar surface area (TPSA) is 148 Å². The number of hydrogen-bond acceptors (Lipinski definition) is 6. The molecule has 10 heteroatoms. The molecule has 4 atom stereocenters. The zero-order chi connectivity index (χ0) is 17.4. The van der Waals surface area contributed by atoms with Crippen LogP contribution in [0.2, 0.25) is 0 Å². The van der Waals surface area contributed by atoms with Crippen LogP contribution in [-0.2, 0) is 14.3 Å². The molecule has 4 amide bonds. The Morgan fingerprint density at radius 3 is 2.50 bits per heavy atom. The van der Waals surface area contributed by atoms with Gasteiger partial charge in [-0.25, -0.2) is 4.79 Å². The van der Waals surface area contributed by atoms with Gasteiger partial charge in [-0.15, -0.1) is 11.3 Å². The molecule has 0 aromatic carbocycles. The Labute approximate surface area is 140 Å². The number of urea groups is 1. The summed E-state index contributed by atoms with van der Waals surface area (Å²) in [6, 6.07) is 0.431. The summed E-state index contributed by atoms with van der Waals surface area (Å²) in [7, 11) is 0. The SMILES string of the molecule is NC(=O)NC(=O)c1ccsc1NC(=O)[C@@H]1[C@@H](C(=O)O)[C@H]2CC[C@@H]1O2. The number of ether oxygens (including phenoxy) is 1. The molecule has 0 saturated carbocycles. The van der Waals surface area contributed by atoms with Crippen molar-refractivity contribution in [2.45, 2.75) is 25.0 Å². The number of aliphatic carboxylic acids is 1. The Morgan fingerprint density at radius 2 is 1.88 bits per heavy atom. The molecule has 0 unspecified atom stereocenters. The zero-order valence-electron chi connectivity index (χ0n) is 12.4. The highest BCUT2D eigenvalue weighted by Crippen LogP contribution is 2.44. The van der Waals surface area contributed by atoms with Crippen LogP contribution in [0.3, 0.4) is 0 Å². The molecule has 5 N–H and O–H groups in total. The molecule has 3 rings (SSSR count). The summed E-state index contributed by atoms with van der Waals surface area (Å²) < 4.78 is 5.55. The fourth-order valence-electron chi connectivity index (χ4n) is 3.28. The summed E-state index contributed by atoms with van der Waals surface area (Å²) in [6.07, 6.45) is 0.367. The quantitative estimate of drug-likeness (QED) is 0.615. The summed E-state index contributed by atoms with van der Waals surface area (Å²) in [4.78, 5) is 46.6. The van der Waals surface area contributed by atoms with Gasteiger partial charge >= 0.3 is 12.0 Å². The molecule has 1 aromatic rings. The van der Waals surface area contributed by atoms with Crippen LogP contribution < -0.4 is 16.4 Å². The van der Waals surface area contributed by atoms with Crippen LogP contribution in [0.15, 0.2) is 11.4 Å². The third-order valence-electron chi connectivity index (χ3n) is 4.24. The number of carbonyl (C=O) groups excluding carboxylic acids is 3. The van der Waals surface area contributed by atoms with Gasteiger partial charge in [0.1, 0.15) is 5.00 Å². The number of carboxylic acids is 1. The lowest BCUT2D eigenvalue weighted by Crippen LogP contribution is -2.41. The monoisotopic (exact) mass is 353 g/mol. The van der Waals surface area contributed by atoms with E-state index in [0.29, 0.717) is 12.8 Å². The first-order valence-electron chi connectivity index (χ1n) is 7.26. The largest absolute Gasteiger partial charge is 0.481 e. The second kappa shape index (κ2) is 6.21. The van der Waals surface area contributed by atoms with Gasteiger partial charge in [0.05, 0.1) is 29.6 Å². The van der Waals surface area contributed by atoms with E-state index >= 15 is 0 Å². The van der Waals surface area contributed by atoms with Gasteiger partial charge < -0.3 is 20.9 Å². The van der Waals surface area contributed by atoms with Crippen molar-refractivity contribution in [1.82, 2.24) is 5.32 Å². The second-order valence-electron chi connectivity index (χ2n) is 5.65. The highest BCUT2D eigenvalue weighted by atomic mass is 32.1. The van der Waals surface area contributed by atoms with Crippen LogP contribution in [0.5, 0.6) is 0 Å². The molecule has 24 heavy (non-hydrogen) atoms. The van der Waals surface area contributed by atoms with Crippen molar-refractivity contribution in [3.05, 3.63) is 17.0 Å². The number of carbonyl (C=O) groups is 4. The maximum Gasteiger partial charge on any atom is 0.319 e. The number of primary amides is 1. The maximum atomic E-state index is 12.5. The van der Waals surface area contributed by atoms with E-state index in [1.54, 1.807) is 5.38 Å². The molecule has 2 saturated heterocycles. The third-order valence-corrected chi connectivity index (χ3v) is 5.07. The molecule has 128 valence electrons. The Balaban J connectivity index is 1.76. The zero-order valence-corrected chi connectivity index (χ0v) is 13.2. The summed E-state index contributed by atoms with van der Waals surface area (Å²) in [6.45, 7) is 0. The number of nitrogens with one attached hydrogen (secondary N) is 2. The van der Waals surface area contributed by atoms with Crippen LogP contribution in [0, 0.1) is 11.8 Å². The van der Waals surface area contributed by atoms with Crippen LogP contribution in [0.25, 0.3) is 0 Å².